The fourth-order valence-electron chi connectivity index (χ4n) is 2.97. The van der Waals surface area contributed by atoms with E-state index in [1.807, 2.05) is 0 Å². The summed E-state index contributed by atoms with van der Waals surface area (Å²) in [6.45, 7) is 0. The third-order valence-corrected chi connectivity index (χ3v) is 4.56. The van der Waals surface area contributed by atoms with Crippen LogP contribution in [-0.2, 0) is 0 Å². The van der Waals surface area contributed by atoms with Crippen molar-refractivity contribution in [2.45, 2.75) is 0 Å². The molecule has 0 unspecified atom stereocenters. The van der Waals surface area contributed by atoms with Crippen LogP contribution in [0.3, 0.4) is 0 Å². The van der Waals surface area contributed by atoms with Crippen molar-refractivity contribution >= 4 is 17.9 Å². The van der Waals surface area contributed by atoms with Gasteiger partial charge >= 0.3 is 17.9 Å². The quantitative estimate of drug-likeness (QED) is 0.299. The molecule has 0 atom stereocenters. The number of hydrogen-bond acceptors (Lipinski definition) is 6. The number of rotatable bonds is 6. The van der Waals surface area contributed by atoms with Gasteiger partial charge in [0.15, 0.2) is 0 Å². The van der Waals surface area contributed by atoms with Crippen molar-refractivity contribution in [3.05, 3.63) is 126 Å². The average Bonchev–Trinajstić information content (AvgIpc) is 2.85. The molecule has 0 saturated heterocycles. The Kier molecular flexibility index (Phi) is 6.56. The monoisotopic (exact) mass is 438 g/mol. The number of esters is 3. The van der Waals surface area contributed by atoms with E-state index in [4.69, 9.17) is 14.2 Å². The minimum absolute atomic E-state index is 0.0453. The van der Waals surface area contributed by atoms with Crippen LogP contribution in [-0.4, -0.2) is 17.9 Å². The van der Waals surface area contributed by atoms with Gasteiger partial charge in [0.1, 0.15) is 17.2 Å². The molecule has 0 aromatic heterocycles. The van der Waals surface area contributed by atoms with Gasteiger partial charge in [-0.25, -0.2) is 14.4 Å². The Labute approximate surface area is 190 Å². The topological polar surface area (TPSA) is 78.9 Å². The van der Waals surface area contributed by atoms with Gasteiger partial charge in [-0.2, -0.15) is 0 Å². The van der Waals surface area contributed by atoms with Crippen LogP contribution in [0.4, 0.5) is 0 Å². The van der Waals surface area contributed by atoms with Crippen molar-refractivity contribution in [1.82, 2.24) is 0 Å². The van der Waals surface area contributed by atoms with Crippen LogP contribution in [0.1, 0.15) is 31.1 Å². The first-order valence-electron chi connectivity index (χ1n) is 10.1. The molecule has 33 heavy (non-hydrogen) atoms. The van der Waals surface area contributed by atoms with Crippen LogP contribution in [0.5, 0.6) is 17.2 Å². The van der Waals surface area contributed by atoms with Crippen molar-refractivity contribution in [1.29, 1.82) is 0 Å². The normalized spacial score (nSPS) is 10.2. The van der Waals surface area contributed by atoms with Crippen LogP contribution in [0, 0.1) is 0 Å². The largest absolute Gasteiger partial charge is 0.423 e. The molecule has 0 amide bonds. The maximum atomic E-state index is 12.9. The summed E-state index contributed by atoms with van der Waals surface area (Å²) in [7, 11) is 0. The second-order valence-electron chi connectivity index (χ2n) is 6.87. The highest BCUT2D eigenvalue weighted by atomic mass is 16.5. The SMILES string of the molecule is O=C(Oc1ccccc1)c1ccc(C(=O)Oc2ccccc2)c(C(=O)Oc2ccccc2)c1. The van der Waals surface area contributed by atoms with Gasteiger partial charge < -0.3 is 14.2 Å². The van der Waals surface area contributed by atoms with Gasteiger partial charge in [0.2, 0.25) is 0 Å². The summed E-state index contributed by atoms with van der Waals surface area (Å²) in [5, 5.41) is 0. The second-order valence-corrected chi connectivity index (χ2v) is 6.87. The lowest BCUT2D eigenvalue weighted by molar-refractivity contribution is 0.0689. The summed E-state index contributed by atoms with van der Waals surface area (Å²) in [5.41, 5.74) is -0.0894. The van der Waals surface area contributed by atoms with E-state index in [1.165, 1.54) is 18.2 Å². The molecule has 162 valence electrons. The number of hydrogen-bond donors (Lipinski definition) is 0. The first-order chi connectivity index (χ1) is 16.1. The van der Waals surface area contributed by atoms with Crippen molar-refractivity contribution in [2.24, 2.45) is 0 Å². The number of carbonyl (C=O) groups excluding carboxylic acids is 3. The summed E-state index contributed by atoms with van der Waals surface area (Å²) in [6.07, 6.45) is 0. The highest BCUT2D eigenvalue weighted by molar-refractivity contribution is 6.06. The van der Waals surface area contributed by atoms with E-state index in [9.17, 15) is 14.4 Å². The van der Waals surface area contributed by atoms with Gasteiger partial charge in [-0.1, -0.05) is 54.6 Å². The zero-order valence-corrected chi connectivity index (χ0v) is 17.3. The molecule has 0 bridgehead atoms. The van der Waals surface area contributed by atoms with Gasteiger partial charge in [0.25, 0.3) is 0 Å². The average molecular weight is 438 g/mol. The molecule has 4 aromatic carbocycles. The molecule has 4 rings (SSSR count). The molecular weight excluding hydrogens is 420 g/mol. The maximum Gasteiger partial charge on any atom is 0.344 e. The Morgan fingerprint density at radius 2 is 0.818 bits per heavy atom. The van der Waals surface area contributed by atoms with Crippen molar-refractivity contribution in [3.63, 3.8) is 0 Å². The van der Waals surface area contributed by atoms with Gasteiger partial charge in [-0.05, 0) is 54.6 Å². The van der Waals surface area contributed by atoms with Crippen LogP contribution in [0.15, 0.2) is 109 Å². The Morgan fingerprint density at radius 1 is 0.424 bits per heavy atom. The predicted molar refractivity (Wildman–Crippen MR) is 121 cm³/mol. The van der Waals surface area contributed by atoms with E-state index in [1.54, 1.807) is 91.0 Å². The van der Waals surface area contributed by atoms with Crippen LogP contribution >= 0.6 is 0 Å². The van der Waals surface area contributed by atoms with Crippen LogP contribution < -0.4 is 14.2 Å². The first-order valence-corrected chi connectivity index (χ1v) is 10.1. The molecule has 0 radical (unpaired) electrons. The lowest BCUT2D eigenvalue weighted by Crippen LogP contribution is -2.19. The van der Waals surface area contributed by atoms with Crippen molar-refractivity contribution in [2.75, 3.05) is 0 Å². The molecule has 6 nitrogen and oxygen atoms in total. The maximum absolute atomic E-state index is 12.9. The molecule has 0 aliphatic rings. The fraction of sp³-hybridized carbons (Fsp3) is 0. The Balaban J connectivity index is 1.65. The minimum atomic E-state index is -0.810. The highest BCUT2D eigenvalue weighted by Crippen LogP contribution is 2.21. The first kappa shape index (κ1) is 21.5. The molecule has 0 heterocycles. The molecule has 0 saturated carbocycles. The molecule has 0 spiro atoms. The summed E-state index contributed by atoms with van der Waals surface area (Å²) in [4.78, 5) is 38.4. The highest BCUT2D eigenvalue weighted by Gasteiger charge is 2.23. The molecule has 6 heteroatoms. The summed E-state index contributed by atoms with van der Waals surface area (Å²) in [5.74, 6) is -1.29. The Hall–Kier alpha value is -4.71. The molecule has 0 aliphatic carbocycles. The van der Waals surface area contributed by atoms with Crippen molar-refractivity contribution < 1.29 is 28.6 Å². The molecule has 0 N–H and O–H groups in total. The number of ether oxygens (including phenoxy) is 3. The van der Waals surface area contributed by atoms with Gasteiger partial charge in [-0.3, -0.25) is 0 Å². The molecule has 0 fully saturated rings. The van der Waals surface area contributed by atoms with E-state index in [0.29, 0.717) is 17.2 Å². The lowest BCUT2D eigenvalue weighted by atomic mass is 10.0. The standard InChI is InChI=1S/C27H18O6/c28-25(31-20-10-4-1-5-11-20)19-16-17-23(26(29)32-21-12-6-2-7-13-21)24(18-19)27(30)33-22-14-8-3-9-15-22/h1-18H. The number of para-hydroxylation sites is 3. The number of carbonyl (C=O) groups is 3. The van der Waals surface area contributed by atoms with Crippen LogP contribution in [0.25, 0.3) is 0 Å². The molecule has 0 aliphatic heterocycles. The lowest BCUT2D eigenvalue weighted by Gasteiger charge is -2.11. The van der Waals surface area contributed by atoms with E-state index >= 15 is 0 Å². The number of benzene rings is 4. The van der Waals surface area contributed by atoms with Gasteiger partial charge in [0.05, 0.1) is 16.7 Å². The van der Waals surface area contributed by atoms with E-state index in [2.05, 4.69) is 0 Å². The third-order valence-electron chi connectivity index (χ3n) is 4.56. The van der Waals surface area contributed by atoms with E-state index in [0.717, 1.165) is 0 Å². The zero-order valence-electron chi connectivity index (χ0n) is 17.3. The summed E-state index contributed by atoms with van der Waals surface area (Å²) < 4.78 is 16.1. The van der Waals surface area contributed by atoms with E-state index < -0.39 is 17.9 Å². The summed E-state index contributed by atoms with van der Waals surface area (Å²) in [6, 6.07) is 29.4. The van der Waals surface area contributed by atoms with Gasteiger partial charge in [-0.15, -0.1) is 0 Å². The minimum Gasteiger partial charge on any atom is -0.423 e. The second kappa shape index (κ2) is 10.1. The molecule has 4 aromatic rings. The smallest absolute Gasteiger partial charge is 0.344 e. The zero-order chi connectivity index (χ0) is 23.0. The third kappa shape index (κ3) is 5.51. The Morgan fingerprint density at radius 3 is 1.27 bits per heavy atom. The summed E-state index contributed by atoms with van der Waals surface area (Å²) >= 11 is 0. The van der Waals surface area contributed by atoms with Crippen molar-refractivity contribution in [3.8, 4) is 17.2 Å². The van der Waals surface area contributed by atoms with Gasteiger partial charge in [0, 0.05) is 0 Å². The predicted octanol–water partition coefficient (Wildman–Crippen LogP) is 5.34. The fourth-order valence-corrected chi connectivity index (χ4v) is 2.97. The molecular formula is C27H18O6. The van der Waals surface area contributed by atoms with Crippen LogP contribution in [0.2, 0.25) is 0 Å². The Bertz CT molecular complexity index is 1270. The van der Waals surface area contributed by atoms with E-state index in [-0.39, 0.29) is 16.7 Å².